The molecule has 9 heteroatoms. The lowest BCUT2D eigenvalue weighted by molar-refractivity contribution is -0.118. The minimum absolute atomic E-state index is 0.0337. The number of amides is 1. The van der Waals surface area contributed by atoms with Crippen molar-refractivity contribution in [3.63, 3.8) is 0 Å². The van der Waals surface area contributed by atoms with Crippen LogP contribution in [0.1, 0.15) is 30.7 Å². The number of nitrogens with one attached hydrogen (secondary N) is 1. The van der Waals surface area contributed by atoms with E-state index < -0.39 is 15.9 Å². The predicted octanol–water partition coefficient (Wildman–Crippen LogP) is 2.33. The quantitative estimate of drug-likeness (QED) is 0.780. The fourth-order valence-corrected chi connectivity index (χ4v) is 4.12. The molecule has 0 radical (unpaired) electrons. The molecule has 26 heavy (non-hydrogen) atoms. The molecule has 0 saturated carbocycles. The number of carbonyl (C=O) groups is 1. The van der Waals surface area contributed by atoms with Crippen molar-refractivity contribution in [2.75, 3.05) is 18.5 Å². The zero-order valence-corrected chi connectivity index (χ0v) is 15.8. The minimum Gasteiger partial charge on any atom is -0.381 e. The van der Waals surface area contributed by atoms with Gasteiger partial charge in [-0.15, -0.1) is 11.3 Å². The topological polar surface area (TPSA) is 111 Å². The van der Waals surface area contributed by atoms with Crippen LogP contribution in [0.25, 0.3) is 0 Å². The van der Waals surface area contributed by atoms with E-state index in [0.29, 0.717) is 30.7 Å². The van der Waals surface area contributed by atoms with E-state index in [9.17, 15) is 13.2 Å². The summed E-state index contributed by atoms with van der Waals surface area (Å²) >= 11 is 1.36. The van der Waals surface area contributed by atoms with Crippen LogP contribution in [0.2, 0.25) is 0 Å². The van der Waals surface area contributed by atoms with Crippen molar-refractivity contribution < 1.29 is 17.9 Å². The van der Waals surface area contributed by atoms with Gasteiger partial charge in [-0.2, -0.15) is 0 Å². The van der Waals surface area contributed by atoms with Crippen LogP contribution in [0.4, 0.5) is 5.13 Å². The Morgan fingerprint density at radius 2 is 2.00 bits per heavy atom. The maximum atomic E-state index is 12.8. The predicted molar refractivity (Wildman–Crippen MR) is 99.5 cm³/mol. The van der Waals surface area contributed by atoms with Crippen LogP contribution in [0, 0.1) is 5.92 Å². The Morgan fingerprint density at radius 3 is 2.58 bits per heavy atom. The van der Waals surface area contributed by atoms with Crippen LogP contribution in [0.5, 0.6) is 0 Å². The van der Waals surface area contributed by atoms with Gasteiger partial charge in [-0.25, -0.2) is 18.5 Å². The van der Waals surface area contributed by atoms with Crippen LogP contribution in [0.3, 0.4) is 0 Å². The molecular weight excluding hydrogens is 374 g/mol. The summed E-state index contributed by atoms with van der Waals surface area (Å²) in [5.41, 5.74) is 0.762. The van der Waals surface area contributed by atoms with Gasteiger partial charge in [-0.1, -0.05) is 12.1 Å². The number of aromatic nitrogens is 1. The van der Waals surface area contributed by atoms with Crippen LogP contribution in [-0.4, -0.2) is 32.5 Å². The van der Waals surface area contributed by atoms with Gasteiger partial charge in [0.2, 0.25) is 15.9 Å². The Balaban J connectivity index is 1.82. The maximum Gasteiger partial charge on any atom is 0.238 e. The lowest BCUT2D eigenvalue weighted by Gasteiger charge is -2.26. The molecule has 2 heterocycles. The summed E-state index contributed by atoms with van der Waals surface area (Å²) in [4.78, 5) is 17.0. The van der Waals surface area contributed by atoms with Crippen LogP contribution in [0.15, 0.2) is 40.7 Å². The molecule has 1 aliphatic rings. The van der Waals surface area contributed by atoms with Gasteiger partial charge in [0.15, 0.2) is 5.13 Å². The summed E-state index contributed by atoms with van der Waals surface area (Å²) in [5, 5.41) is 10.3. The molecular formula is C17H21N3O4S2. The van der Waals surface area contributed by atoms with Gasteiger partial charge in [-0.05, 0) is 42.9 Å². The first-order valence-electron chi connectivity index (χ1n) is 8.34. The number of sulfonamides is 1. The molecule has 7 nitrogen and oxygen atoms in total. The molecule has 140 valence electrons. The highest BCUT2D eigenvalue weighted by atomic mass is 32.2. The van der Waals surface area contributed by atoms with Gasteiger partial charge < -0.3 is 10.1 Å². The fraction of sp³-hybridized carbons (Fsp3) is 0.412. The van der Waals surface area contributed by atoms with Gasteiger partial charge in [0.1, 0.15) is 0 Å². The Labute approximate surface area is 156 Å². The lowest BCUT2D eigenvalue weighted by atomic mass is 9.84. The number of benzene rings is 1. The summed E-state index contributed by atoms with van der Waals surface area (Å²) in [5.74, 6) is -0.153. The molecule has 0 aliphatic carbocycles. The molecule has 1 amide bonds. The molecule has 1 aromatic carbocycles. The maximum absolute atomic E-state index is 12.8. The number of carbonyl (C=O) groups excluding carboxylic acids is 1. The fourth-order valence-electron chi connectivity index (χ4n) is 3.08. The smallest absolute Gasteiger partial charge is 0.238 e. The average Bonchev–Trinajstić information content (AvgIpc) is 3.13. The highest BCUT2D eigenvalue weighted by Gasteiger charge is 2.27. The van der Waals surface area contributed by atoms with E-state index in [2.05, 4.69) is 10.3 Å². The van der Waals surface area contributed by atoms with Gasteiger partial charge in [-0.3, -0.25) is 4.79 Å². The van der Waals surface area contributed by atoms with Crippen molar-refractivity contribution in [1.29, 1.82) is 0 Å². The van der Waals surface area contributed by atoms with Crippen molar-refractivity contribution in [3.8, 4) is 0 Å². The monoisotopic (exact) mass is 395 g/mol. The van der Waals surface area contributed by atoms with Gasteiger partial charge in [0, 0.05) is 24.8 Å². The number of rotatable bonds is 6. The zero-order chi connectivity index (χ0) is 18.6. The molecule has 1 atom stereocenters. The third-order valence-corrected chi connectivity index (χ3v) is 6.12. The largest absolute Gasteiger partial charge is 0.381 e. The number of primary sulfonamides is 1. The first-order chi connectivity index (χ1) is 12.4. The van der Waals surface area contributed by atoms with E-state index in [1.807, 2.05) is 0 Å². The van der Waals surface area contributed by atoms with E-state index >= 15 is 0 Å². The first kappa shape index (κ1) is 19.0. The van der Waals surface area contributed by atoms with Crippen molar-refractivity contribution in [2.45, 2.75) is 30.1 Å². The molecule has 1 fully saturated rings. The average molecular weight is 396 g/mol. The normalized spacial score (nSPS) is 17.0. The summed E-state index contributed by atoms with van der Waals surface area (Å²) in [6.07, 6.45) is 4.14. The molecule has 1 aliphatic heterocycles. The van der Waals surface area contributed by atoms with Crippen molar-refractivity contribution >= 4 is 32.4 Å². The number of hydrogen-bond acceptors (Lipinski definition) is 6. The summed E-state index contributed by atoms with van der Waals surface area (Å²) in [7, 11) is -3.76. The molecule has 0 spiro atoms. The molecule has 1 aromatic heterocycles. The van der Waals surface area contributed by atoms with E-state index in [4.69, 9.17) is 9.88 Å². The van der Waals surface area contributed by atoms with Crippen molar-refractivity contribution in [2.24, 2.45) is 11.1 Å². The Hall–Kier alpha value is -1.81. The van der Waals surface area contributed by atoms with E-state index in [1.54, 1.807) is 23.7 Å². The third kappa shape index (κ3) is 4.88. The third-order valence-electron chi connectivity index (χ3n) is 4.50. The number of thiazole rings is 1. The van der Waals surface area contributed by atoms with Crippen molar-refractivity contribution in [3.05, 3.63) is 41.4 Å². The minimum atomic E-state index is -3.76. The molecule has 2 aromatic rings. The number of nitrogens with zero attached hydrogens (tertiary/aromatic N) is 1. The van der Waals surface area contributed by atoms with Gasteiger partial charge in [0.05, 0.1) is 10.8 Å². The molecule has 1 unspecified atom stereocenters. The van der Waals surface area contributed by atoms with E-state index in [0.717, 1.165) is 18.4 Å². The summed E-state index contributed by atoms with van der Waals surface area (Å²) < 4.78 is 28.3. The molecule has 3 N–H and O–H groups in total. The number of ether oxygens (including phenoxy) is 1. The first-order valence-corrected chi connectivity index (χ1v) is 10.8. The van der Waals surface area contributed by atoms with Crippen LogP contribution >= 0.6 is 11.3 Å². The SMILES string of the molecule is NS(=O)(=O)c1ccc(C(CC2CCOCC2)C(=O)Nc2nccs2)cc1. The molecule has 1 saturated heterocycles. The van der Waals surface area contributed by atoms with E-state index in [1.165, 1.54) is 23.5 Å². The van der Waals surface area contributed by atoms with Crippen LogP contribution < -0.4 is 10.5 Å². The highest BCUT2D eigenvalue weighted by Crippen LogP contribution is 2.31. The van der Waals surface area contributed by atoms with Crippen LogP contribution in [-0.2, 0) is 19.6 Å². The highest BCUT2D eigenvalue weighted by molar-refractivity contribution is 7.89. The molecule has 3 rings (SSSR count). The Kier molecular flexibility index (Phi) is 6.02. The Bertz CT molecular complexity index is 829. The summed E-state index contributed by atoms with van der Waals surface area (Å²) in [6, 6.07) is 6.20. The second kappa shape index (κ2) is 8.26. The lowest BCUT2D eigenvalue weighted by Crippen LogP contribution is -2.26. The zero-order valence-electron chi connectivity index (χ0n) is 14.1. The number of nitrogens with two attached hydrogens (primary N) is 1. The van der Waals surface area contributed by atoms with Gasteiger partial charge >= 0.3 is 0 Å². The second-order valence-corrected chi connectivity index (χ2v) is 8.74. The number of anilines is 1. The summed E-state index contributed by atoms with van der Waals surface area (Å²) in [6.45, 7) is 1.41. The molecule has 0 bridgehead atoms. The van der Waals surface area contributed by atoms with Gasteiger partial charge in [0.25, 0.3) is 0 Å². The number of hydrogen-bond donors (Lipinski definition) is 2. The van der Waals surface area contributed by atoms with Crippen molar-refractivity contribution in [1.82, 2.24) is 4.98 Å². The standard InChI is InChI=1S/C17H21N3O4S2/c18-26(22,23)14-3-1-13(2-4-14)15(11-12-5-8-24-9-6-12)16(21)20-17-19-7-10-25-17/h1-4,7,10,12,15H,5-6,8-9,11H2,(H2,18,22,23)(H,19,20,21). The van der Waals surface area contributed by atoms with E-state index in [-0.39, 0.29) is 10.8 Å². The second-order valence-electron chi connectivity index (χ2n) is 6.28. The Morgan fingerprint density at radius 1 is 1.31 bits per heavy atom.